The topological polar surface area (TPSA) is 45.2 Å². The maximum atomic E-state index is 12.5. The summed E-state index contributed by atoms with van der Waals surface area (Å²) in [5.74, 6) is 0.0286. The van der Waals surface area contributed by atoms with Crippen molar-refractivity contribution in [3.8, 4) is 0 Å². The molecule has 2 heterocycles. The van der Waals surface area contributed by atoms with Gasteiger partial charge in [-0.15, -0.1) is 0 Å². The molecule has 1 N–H and O–H groups in total. The predicted octanol–water partition coefficient (Wildman–Crippen LogP) is 4.52. The number of benzene rings is 1. The summed E-state index contributed by atoms with van der Waals surface area (Å²) in [4.78, 5) is 18.7. The molecule has 4 nitrogen and oxygen atoms in total. The molecular weight excluding hydrogens is 354 g/mol. The van der Waals surface area contributed by atoms with Crippen LogP contribution >= 0.6 is 15.9 Å². The summed E-state index contributed by atoms with van der Waals surface area (Å²) in [5.41, 5.74) is 3.55. The van der Waals surface area contributed by atoms with Crippen molar-refractivity contribution in [3.63, 3.8) is 0 Å². The molecule has 1 aliphatic heterocycles. The molecule has 0 spiro atoms. The van der Waals surface area contributed by atoms with Gasteiger partial charge in [0.15, 0.2) is 0 Å². The number of likely N-dealkylation sites (tertiary alicyclic amines) is 1. The second kappa shape index (κ2) is 7.13. The van der Waals surface area contributed by atoms with Gasteiger partial charge in [0.25, 0.3) is 5.91 Å². The van der Waals surface area contributed by atoms with Crippen molar-refractivity contribution >= 4 is 33.2 Å². The lowest BCUT2D eigenvalue weighted by molar-refractivity contribution is 0.0718. The number of nitrogens with one attached hydrogen (secondary N) is 1. The molecule has 0 radical (unpaired) electrons. The van der Waals surface area contributed by atoms with Gasteiger partial charge in [-0.1, -0.05) is 15.9 Å². The number of halogens is 1. The highest BCUT2D eigenvalue weighted by atomic mass is 79.9. The van der Waals surface area contributed by atoms with Gasteiger partial charge in [0.05, 0.1) is 0 Å². The number of pyridine rings is 1. The van der Waals surface area contributed by atoms with Gasteiger partial charge < -0.3 is 10.2 Å². The first-order valence-corrected chi connectivity index (χ1v) is 8.71. The van der Waals surface area contributed by atoms with Crippen LogP contribution < -0.4 is 5.32 Å². The lowest BCUT2D eigenvalue weighted by Gasteiger charge is -2.26. The lowest BCUT2D eigenvalue weighted by Crippen LogP contribution is -2.36. The molecule has 2 aromatic rings. The largest absolute Gasteiger partial charge is 0.355 e. The average Bonchev–Trinajstić information content (AvgIpc) is 2.58. The van der Waals surface area contributed by atoms with E-state index in [0.717, 1.165) is 47.3 Å². The van der Waals surface area contributed by atoms with Crippen molar-refractivity contribution in [1.29, 1.82) is 0 Å². The van der Waals surface area contributed by atoms with Gasteiger partial charge in [0.2, 0.25) is 0 Å². The molecular formula is C18H20BrN3O. The molecule has 0 unspecified atom stereocenters. The third-order valence-electron chi connectivity index (χ3n) is 4.09. The van der Waals surface area contributed by atoms with Crippen molar-refractivity contribution in [3.05, 3.63) is 52.3 Å². The third kappa shape index (κ3) is 3.91. The summed E-state index contributed by atoms with van der Waals surface area (Å²) in [6.45, 7) is 3.72. The maximum Gasteiger partial charge on any atom is 0.272 e. The number of piperidine rings is 1. The van der Waals surface area contributed by atoms with Gasteiger partial charge >= 0.3 is 0 Å². The monoisotopic (exact) mass is 373 g/mol. The van der Waals surface area contributed by atoms with E-state index in [1.54, 1.807) is 6.20 Å². The predicted molar refractivity (Wildman–Crippen MR) is 96.2 cm³/mol. The summed E-state index contributed by atoms with van der Waals surface area (Å²) < 4.78 is 1.05. The van der Waals surface area contributed by atoms with E-state index in [1.807, 2.05) is 36.1 Å². The van der Waals surface area contributed by atoms with E-state index in [9.17, 15) is 4.79 Å². The molecule has 0 saturated carbocycles. The van der Waals surface area contributed by atoms with Crippen molar-refractivity contribution in [2.24, 2.45) is 0 Å². The molecule has 1 fully saturated rings. The number of amides is 1. The summed E-state index contributed by atoms with van der Waals surface area (Å²) in [6.07, 6.45) is 5.07. The first kappa shape index (κ1) is 16.0. The Morgan fingerprint density at radius 1 is 1.17 bits per heavy atom. The molecule has 1 aromatic carbocycles. The number of hydrogen-bond acceptors (Lipinski definition) is 3. The third-order valence-corrected chi connectivity index (χ3v) is 4.58. The summed E-state index contributed by atoms with van der Waals surface area (Å²) in [5, 5.41) is 3.37. The molecule has 0 bridgehead atoms. The zero-order valence-corrected chi connectivity index (χ0v) is 14.8. The van der Waals surface area contributed by atoms with Gasteiger partial charge in [-0.3, -0.25) is 9.78 Å². The Hall–Kier alpha value is -1.88. The summed E-state index contributed by atoms with van der Waals surface area (Å²) in [6, 6.07) is 9.79. The Kier molecular flexibility index (Phi) is 4.96. The molecule has 1 aliphatic rings. The molecule has 5 heteroatoms. The average molecular weight is 374 g/mol. The Morgan fingerprint density at radius 2 is 1.96 bits per heavy atom. The molecule has 0 atom stereocenters. The number of aromatic nitrogens is 1. The van der Waals surface area contributed by atoms with Crippen LogP contribution in [0, 0.1) is 6.92 Å². The Labute approximate surface area is 145 Å². The minimum atomic E-state index is 0.0286. The summed E-state index contributed by atoms with van der Waals surface area (Å²) >= 11 is 3.47. The van der Waals surface area contributed by atoms with Crippen LogP contribution in [0.25, 0.3) is 0 Å². The first-order chi connectivity index (χ1) is 11.1. The molecule has 1 aromatic heterocycles. The van der Waals surface area contributed by atoms with E-state index in [4.69, 9.17) is 0 Å². The Morgan fingerprint density at radius 3 is 2.70 bits per heavy atom. The maximum absolute atomic E-state index is 12.5. The van der Waals surface area contributed by atoms with Crippen LogP contribution in [0.2, 0.25) is 0 Å². The highest BCUT2D eigenvalue weighted by Gasteiger charge is 2.19. The van der Waals surface area contributed by atoms with Crippen LogP contribution in [-0.4, -0.2) is 28.9 Å². The number of nitrogens with zero attached hydrogens (tertiary/aromatic N) is 2. The van der Waals surface area contributed by atoms with Gasteiger partial charge in [-0.05, 0) is 62.1 Å². The zero-order valence-electron chi connectivity index (χ0n) is 13.2. The van der Waals surface area contributed by atoms with Gasteiger partial charge in [0.1, 0.15) is 5.69 Å². The van der Waals surface area contributed by atoms with Gasteiger partial charge in [-0.2, -0.15) is 0 Å². The summed E-state index contributed by atoms with van der Waals surface area (Å²) in [7, 11) is 0. The van der Waals surface area contributed by atoms with E-state index in [-0.39, 0.29) is 5.91 Å². The van der Waals surface area contributed by atoms with E-state index < -0.39 is 0 Å². The van der Waals surface area contributed by atoms with E-state index in [2.05, 4.69) is 32.3 Å². The zero-order chi connectivity index (χ0) is 16.2. The number of carbonyl (C=O) groups excluding carboxylic acids is 1. The highest BCUT2D eigenvalue weighted by molar-refractivity contribution is 9.10. The van der Waals surface area contributed by atoms with Crippen LogP contribution in [0.1, 0.15) is 35.3 Å². The van der Waals surface area contributed by atoms with Crippen molar-refractivity contribution in [1.82, 2.24) is 9.88 Å². The minimum absolute atomic E-state index is 0.0286. The fourth-order valence-corrected chi connectivity index (χ4v) is 3.28. The molecule has 3 rings (SSSR count). The molecule has 1 saturated heterocycles. The van der Waals surface area contributed by atoms with Crippen molar-refractivity contribution in [2.45, 2.75) is 26.2 Å². The van der Waals surface area contributed by atoms with Crippen LogP contribution in [-0.2, 0) is 0 Å². The van der Waals surface area contributed by atoms with E-state index in [1.165, 1.54) is 6.42 Å². The first-order valence-electron chi connectivity index (χ1n) is 7.92. The van der Waals surface area contributed by atoms with Crippen LogP contribution in [0.3, 0.4) is 0 Å². The number of hydrogen-bond donors (Lipinski definition) is 1. The highest BCUT2D eigenvalue weighted by Crippen LogP contribution is 2.24. The Balaban J connectivity index is 1.78. The second-order valence-electron chi connectivity index (χ2n) is 5.87. The standard InChI is InChI=1S/C18H20BrN3O/c1-13-11-14(19)5-6-16(13)21-15-7-8-20-17(12-15)18(23)22-9-3-2-4-10-22/h5-8,11-12H,2-4,9-10H2,1H3,(H,20,21). The smallest absolute Gasteiger partial charge is 0.272 e. The molecule has 0 aliphatic carbocycles. The SMILES string of the molecule is Cc1cc(Br)ccc1Nc1ccnc(C(=O)N2CCCCC2)c1. The number of anilines is 2. The normalized spacial score (nSPS) is 14.6. The molecule has 23 heavy (non-hydrogen) atoms. The van der Waals surface area contributed by atoms with Crippen LogP contribution in [0.5, 0.6) is 0 Å². The second-order valence-corrected chi connectivity index (χ2v) is 6.78. The number of aryl methyl sites for hydroxylation is 1. The number of carbonyl (C=O) groups is 1. The fourth-order valence-electron chi connectivity index (χ4n) is 2.81. The minimum Gasteiger partial charge on any atom is -0.355 e. The molecule has 120 valence electrons. The Bertz CT molecular complexity index is 711. The van der Waals surface area contributed by atoms with Crippen LogP contribution in [0.4, 0.5) is 11.4 Å². The van der Waals surface area contributed by atoms with Gasteiger partial charge in [0, 0.05) is 35.1 Å². The van der Waals surface area contributed by atoms with Crippen molar-refractivity contribution < 1.29 is 4.79 Å². The fraction of sp³-hybridized carbons (Fsp3) is 0.333. The quantitative estimate of drug-likeness (QED) is 0.859. The van der Waals surface area contributed by atoms with E-state index in [0.29, 0.717) is 5.69 Å². The molecule has 1 amide bonds. The number of rotatable bonds is 3. The van der Waals surface area contributed by atoms with Gasteiger partial charge in [-0.25, -0.2) is 0 Å². The van der Waals surface area contributed by atoms with Crippen LogP contribution in [0.15, 0.2) is 41.0 Å². The van der Waals surface area contributed by atoms with Crippen molar-refractivity contribution in [2.75, 3.05) is 18.4 Å². The van der Waals surface area contributed by atoms with E-state index >= 15 is 0 Å². The lowest BCUT2D eigenvalue weighted by atomic mass is 10.1.